The van der Waals surface area contributed by atoms with Gasteiger partial charge >= 0.3 is 5.97 Å². The second kappa shape index (κ2) is 4.63. The number of hydrogen-bond donors (Lipinski definition) is 1. The summed E-state index contributed by atoms with van der Waals surface area (Å²) in [4.78, 5) is 11.3. The van der Waals surface area contributed by atoms with Crippen molar-refractivity contribution in [1.29, 1.82) is 0 Å². The van der Waals surface area contributed by atoms with E-state index in [1.165, 1.54) is 10.7 Å². The normalized spacial score (nSPS) is 10.7. The lowest BCUT2D eigenvalue weighted by atomic mass is 10.1. The Labute approximate surface area is 114 Å². The number of aromatic nitrogens is 2. The van der Waals surface area contributed by atoms with Crippen LogP contribution in [0, 0.1) is 13.8 Å². The van der Waals surface area contributed by atoms with E-state index in [1.807, 2.05) is 0 Å². The molecule has 2 rings (SSSR count). The molecule has 18 heavy (non-hydrogen) atoms. The van der Waals surface area contributed by atoms with Gasteiger partial charge in [-0.2, -0.15) is 5.10 Å². The van der Waals surface area contributed by atoms with Crippen molar-refractivity contribution in [2.24, 2.45) is 0 Å². The summed E-state index contributed by atoms with van der Waals surface area (Å²) in [7, 11) is 0. The largest absolute Gasteiger partial charge is 0.478 e. The molecule has 0 saturated carbocycles. The number of carbonyl (C=O) groups is 1. The lowest BCUT2D eigenvalue weighted by Crippen LogP contribution is -2.08. The Bertz CT molecular complexity index is 635. The van der Waals surface area contributed by atoms with Gasteiger partial charge in [-0.05, 0) is 26.0 Å². The molecule has 0 aliphatic rings. The van der Waals surface area contributed by atoms with Crippen LogP contribution in [0.25, 0.3) is 5.69 Å². The minimum atomic E-state index is -1.10. The summed E-state index contributed by atoms with van der Waals surface area (Å²) in [6.07, 6.45) is 0. The maximum absolute atomic E-state index is 11.3. The van der Waals surface area contributed by atoms with Crippen molar-refractivity contribution in [2.75, 3.05) is 0 Å². The molecule has 94 valence electrons. The number of halogens is 2. The van der Waals surface area contributed by atoms with Crippen LogP contribution in [0.2, 0.25) is 10.0 Å². The van der Waals surface area contributed by atoms with Crippen LogP contribution >= 0.6 is 23.2 Å². The smallest absolute Gasteiger partial charge is 0.339 e. The first kappa shape index (κ1) is 12.9. The molecule has 0 saturated heterocycles. The Hall–Kier alpha value is -1.52. The number of aromatic carboxylic acids is 1. The molecule has 6 heteroatoms. The molecular formula is C12H10Cl2N2O2. The molecular weight excluding hydrogens is 275 g/mol. The average Bonchev–Trinajstić information content (AvgIpc) is 2.56. The van der Waals surface area contributed by atoms with E-state index in [4.69, 9.17) is 23.2 Å². The fourth-order valence-corrected chi connectivity index (χ4v) is 2.13. The third-order valence-electron chi connectivity index (χ3n) is 2.64. The second-order valence-electron chi connectivity index (χ2n) is 3.84. The van der Waals surface area contributed by atoms with Crippen LogP contribution in [0.4, 0.5) is 0 Å². The summed E-state index contributed by atoms with van der Waals surface area (Å²) in [5.74, 6) is -1.10. The number of benzene rings is 1. The molecule has 2 aromatic rings. The molecule has 0 unspecified atom stereocenters. The van der Waals surface area contributed by atoms with E-state index in [-0.39, 0.29) is 10.6 Å². The lowest BCUT2D eigenvalue weighted by molar-refractivity contribution is 0.0697. The Morgan fingerprint density at radius 1 is 1.33 bits per heavy atom. The molecule has 0 atom stereocenters. The van der Waals surface area contributed by atoms with Crippen LogP contribution < -0.4 is 0 Å². The molecule has 1 aromatic heterocycles. The SMILES string of the molecule is Cc1nn(-c2cccc(Cl)c2C(=O)O)c(C)c1Cl. The second-order valence-corrected chi connectivity index (χ2v) is 4.62. The maximum atomic E-state index is 11.3. The molecule has 0 fully saturated rings. The quantitative estimate of drug-likeness (QED) is 0.918. The van der Waals surface area contributed by atoms with Crippen molar-refractivity contribution in [3.8, 4) is 5.69 Å². The fourth-order valence-electron chi connectivity index (χ4n) is 1.76. The minimum absolute atomic E-state index is 0.0152. The molecule has 1 aromatic carbocycles. The minimum Gasteiger partial charge on any atom is -0.478 e. The highest BCUT2D eigenvalue weighted by atomic mass is 35.5. The van der Waals surface area contributed by atoms with Crippen LogP contribution in [0.15, 0.2) is 18.2 Å². The van der Waals surface area contributed by atoms with Gasteiger partial charge in [-0.3, -0.25) is 0 Å². The maximum Gasteiger partial charge on any atom is 0.339 e. The standard InChI is InChI=1S/C12H10Cl2N2O2/c1-6-11(14)7(2)16(15-6)9-5-3-4-8(13)10(9)12(17)18/h3-5H,1-2H3,(H,17,18). The first-order valence-electron chi connectivity index (χ1n) is 5.17. The van der Waals surface area contributed by atoms with Crippen molar-refractivity contribution in [1.82, 2.24) is 9.78 Å². The zero-order valence-corrected chi connectivity index (χ0v) is 11.2. The summed E-state index contributed by atoms with van der Waals surface area (Å²) < 4.78 is 1.49. The fraction of sp³-hybridized carbons (Fsp3) is 0.167. The van der Waals surface area contributed by atoms with Crippen molar-refractivity contribution >= 4 is 29.2 Å². The number of rotatable bonds is 2. The van der Waals surface area contributed by atoms with E-state index in [0.717, 1.165) is 0 Å². The molecule has 0 bridgehead atoms. The van der Waals surface area contributed by atoms with E-state index in [0.29, 0.717) is 22.1 Å². The molecule has 0 radical (unpaired) electrons. The van der Waals surface area contributed by atoms with E-state index in [1.54, 1.807) is 26.0 Å². The van der Waals surface area contributed by atoms with E-state index < -0.39 is 5.97 Å². The van der Waals surface area contributed by atoms with Gasteiger partial charge in [-0.1, -0.05) is 29.3 Å². The van der Waals surface area contributed by atoms with Gasteiger partial charge in [0.15, 0.2) is 0 Å². The summed E-state index contributed by atoms with van der Waals surface area (Å²) >= 11 is 12.0. The van der Waals surface area contributed by atoms with Gasteiger partial charge in [-0.25, -0.2) is 9.48 Å². The highest BCUT2D eigenvalue weighted by molar-refractivity contribution is 6.34. The third kappa shape index (κ3) is 1.98. The molecule has 0 amide bonds. The molecule has 0 aliphatic heterocycles. The van der Waals surface area contributed by atoms with Gasteiger partial charge in [0, 0.05) is 0 Å². The molecule has 1 heterocycles. The predicted octanol–water partition coefficient (Wildman–Crippen LogP) is 3.49. The average molecular weight is 285 g/mol. The zero-order chi connectivity index (χ0) is 13.4. The summed E-state index contributed by atoms with van der Waals surface area (Å²) in [5.41, 5.74) is 1.74. The van der Waals surface area contributed by atoms with Crippen molar-refractivity contribution < 1.29 is 9.90 Å². The van der Waals surface area contributed by atoms with Crippen LogP contribution in [0.1, 0.15) is 21.7 Å². The zero-order valence-electron chi connectivity index (χ0n) is 9.74. The summed E-state index contributed by atoms with van der Waals surface area (Å²) in [5, 5.41) is 14.1. The Balaban J connectivity index is 2.75. The number of hydrogen-bond acceptors (Lipinski definition) is 2. The number of aryl methyl sites for hydroxylation is 1. The van der Waals surface area contributed by atoms with Crippen molar-refractivity contribution in [3.05, 3.63) is 45.2 Å². The van der Waals surface area contributed by atoms with Crippen LogP contribution in [-0.2, 0) is 0 Å². The number of carboxylic acids is 1. The Morgan fingerprint density at radius 3 is 2.50 bits per heavy atom. The third-order valence-corrected chi connectivity index (χ3v) is 3.50. The van der Waals surface area contributed by atoms with Gasteiger partial charge in [0.05, 0.1) is 27.1 Å². The van der Waals surface area contributed by atoms with Crippen molar-refractivity contribution in [3.63, 3.8) is 0 Å². The predicted molar refractivity (Wildman–Crippen MR) is 70.0 cm³/mol. The lowest BCUT2D eigenvalue weighted by Gasteiger charge is -2.09. The van der Waals surface area contributed by atoms with Crippen molar-refractivity contribution in [2.45, 2.75) is 13.8 Å². The van der Waals surface area contributed by atoms with Gasteiger partial charge < -0.3 is 5.11 Å². The van der Waals surface area contributed by atoms with Crippen LogP contribution in [0.5, 0.6) is 0 Å². The van der Waals surface area contributed by atoms with Gasteiger partial charge in [0.2, 0.25) is 0 Å². The molecule has 1 N–H and O–H groups in total. The van der Waals surface area contributed by atoms with E-state index in [9.17, 15) is 9.90 Å². The van der Waals surface area contributed by atoms with Crippen LogP contribution in [0.3, 0.4) is 0 Å². The molecule has 0 spiro atoms. The van der Waals surface area contributed by atoms with Crippen LogP contribution in [-0.4, -0.2) is 20.9 Å². The highest BCUT2D eigenvalue weighted by Gasteiger charge is 2.19. The molecule has 4 nitrogen and oxygen atoms in total. The highest BCUT2D eigenvalue weighted by Crippen LogP contribution is 2.27. The van der Waals surface area contributed by atoms with E-state index >= 15 is 0 Å². The summed E-state index contributed by atoms with van der Waals surface area (Å²) in [6.45, 7) is 3.53. The van der Waals surface area contributed by atoms with Gasteiger partial charge in [-0.15, -0.1) is 0 Å². The Kier molecular flexibility index (Phi) is 3.32. The topological polar surface area (TPSA) is 55.1 Å². The number of nitrogens with zero attached hydrogens (tertiary/aromatic N) is 2. The van der Waals surface area contributed by atoms with E-state index in [2.05, 4.69) is 5.10 Å². The number of carboxylic acid groups (broad SMARTS) is 1. The van der Waals surface area contributed by atoms with Gasteiger partial charge in [0.25, 0.3) is 0 Å². The Morgan fingerprint density at radius 2 is 2.00 bits per heavy atom. The van der Waals surface area contributed by atoms with Gasteiger partial charge in [0.1, 0.15) is 5.56 Å². The monoisotopic (exact) mass is 284 g/mol. The first-order chi connectivity index (χ1) is 8.43. The first-order valence-corrected chi connectivity index (χ1v) is 5.93. The summed E-state index contributed by atoms with van der Waals surface area (Å²) in [6, 6.07) is 4.85. The molecule has 0 aliphatic carbocycles.